The second-order valence-corrected chi connectivity index (χ2v) is 6.40. The van der Waals surface area contributed by atoms with Crippen molar-refractivity contribution >= 4 is 52.2 Å². The van der Waals surface area contributed by atoms with E-state index in [4.69, 9.17) is 23.2 Å². The van der Waals surface area contributed by atoms with Crippen LogP contribution in [-0.4, -0.2) is 11.1 Å². The number of carbonyl (C=O) groups excluding carboxylic acids is 2. The molecule has 0 saturated carbocycles. The van der Waals surface area contributed by atoms with E-state index in [0.29, 0.717) is 15.0 Å². The Bertz CT molecular complexity index is 780. The third kappa shape index (κ3) is 3.04. The Kier molecular flexibility index (Phi) is 4.25. The van der Waals surface area contributed by atoms with Gasteiger partial charge >= 0.3 is 0 Å². The number of imide groups is 1. The van der Waals surface area contributed by atoms with Crippen LogP contribution in [0.4, 0.5) is 4.79 Å². The molecule has 1 aliphatic rings. The van der Waals surface area contributed by atoms with E-state index in [0.717, 1.165) is 28.5 Å². The molecule has 110 valence electrons. The van der Waals surface area contributed by atoms with Gasteiger partial charge in [0.05, 0.1) is 4.91 Å². The van der Waals surface area contributed by atoms with Gasteiger partial charge in [0, 0.05) is 15.6 Å². The summed E-state index contributed by atoms with van der Waals surface area (Å²) in [6, 6.07) is 12.8. The Morgan fingerprint density at radius 3 is 2.14 bits per heavy atom. The topological polar surface area (TPSA) is 46.2 Å². The van der Waals surface area contributed by atoms with E-state index < -0.39 is 0 Å². The lowest BCUT2D eigenvalue weighted by Crippen LogP contribution is -2.17. The first kappa shape index (κ1) is 15.2. The average molecular weight is 350 g/mol. The van der Waals surface area contributed by atoms with Crippen molar-refractivity contribution in [3.8, 4) is 11.1 Å². The van der Waals surface area contributed by atoms with Gasteiger partial charge in [-0.05, 0) is 41.1 Å². The van der Waals surface area contributed by atoms with Crippen LogP contribution in [0.3, 0.4) is 0 Å². The molecule has 2 aromatic carbocycles. The maximum absolute atomic E-state index is 11.5. The standard InChI is InChI=1S/C16H9Cl2NO2S/c17-11-2-1-3-12(18)14(11)10-6-4-9(5-7-10)8-13-15(20)19-16(21)22-13/h1-8H,(H,19,20,21)/b13-8-. The summed E-state index contributed by atoms with van der Waals surface area (Å²) in [5.41, 5.74) is 2.48. The number of benzene rings is 2. The zero-order valence-corrected chi connectivity index (χ0v) is 13.4. The molecule has 0 spiro atoms. The van der Waals surface area contributed by atoms with E-state index in [-0.39, 0.29) is 11.1 Å². The van der Waals surface area contributed by atoms with Crippen LogP contribution < -0.4 is 5.32 Å². The SMILES string of the molecule is O=C1NC(=O)/C(=C/c2ccc(-c3c(Cl)cccc3Cl)cc2)S1. The van der Waals surface area contributed by atoms with Crippen LogP contribution >= 0.6 is 35.0 Å². The number of hydrogen-bond acceptors (Lipinski definition) is 3. The lowest BCUT2D eigenvalue weighted by atomic mass is 10.0. The van der Waals surface area contributed by atoms with Crippen molar-refractivity contribution < 1.29 is 9.59 Å². The van der Waals surface area contributed by atoms with Crippen molar-refractivity contribution in [1.29, 1.82) is 0 Å². The van der Waals surface area contributed by atoms with Gasteiger partial charge in [-0.1, -0.05) is 53.5 Å². The third-order valence-electron chi connectivity index (χ3n) is 3.10. The van der Waals surface area contributed by atoms with Crippen molar-refractivity contribution in [2.24, 2.45) is 0 Å². The fraction of sp³-hybridized carbons (Fsp3) is 0. The minimum absolute atomic E-state index is 0.351. The fourth-order valence-corrected chi connectivity index (χ4v) is 3.39. The van der Waals surface area contributed by atoms with E-state index >= 15 is 0 Å². The number of rotatable bonds is 2. The molecule has 0 unspecified atom stereocenters. The maximum Gasteiger partial charge on any atom is 0.290 e. The number of hydrogen-bond donors (Lipinski definition) is 1. The smallest absolute Gasteiger partial charge is 0.282 e. The van der Waals surface area contributed by atoms with Gasteiger partial charge in [0.2, 0.25) is 0 Å². The zero-order chi connectivity index (χ0) is 15.7. The van der Waals surface area contributed by atoms with Crippen molar-refractivity contribution in [2.75, 3.05) is 0 Å². The summed E-state index contributed by atoms with van der Waals surface area (Å²) >= 11 is 13.3. The molecule has 2 amide bonds. The molecule has 1 aliphatic heterocycles. The first-order valence-electron chi connectivity index (χ1n) is 6.34. The molecule has 2 aromatic rings. The molecule has 0 aromatic heterocycles. The van der Waals surface area contributed by atoms with E-state index in [1.165, 1.54) is 0 Å². The molecular formula is C16H9Cl2NO2S. The minimum Gasteiger partial charge on any atom is -0.282 e. The number of amides is 2. The van der Waals surface area contributed by atoms with E-state index in [1.54, 1.807) is 24.3 Å². The van der Waals surface area contributed by atoms with Crippen LogP contribution in [0.25, 0.3) is 17.2 Å². The Balaban J connectivity index is 1.92. The van der Waals surface area contributed by atoms with Gasteiger partial charge in [-0.2, -0.15) is 0 Å². The number of nitrogens with one attached hydrogen (secondary N) is 1. The van der Waals surface area contributed by atoms with Crippen molar-refractivity contribution in [2.45, 2.75) is 0 Å². The van der Waals surface area contributed by atoms with Gasteiger partial charge in [-0.15, -0.1) is 0 Å². The summed E-state index contributed by atoms with van der Waals surface area (Å²) in [4.78, 5) is 23.0. The number of carbonyl (C=O) groups is 2. The molecule has 1 N–H and O–H groups in total. The monoisotopic (exact) mass is 349 g/mol. The highest BCUT2D eigenvalue weighted by atomic mass is 35.5. The highest BCUT2D eigenvalue weighted by Crippen LogP contribution is 2.35. The summed E-state index contributed by atoms with van der Waals surface area (Å²) in [6.45, 7) is 0. The molecule has 1 heterocycles. The van der Waals surface area contributed by atoms with Gasteiger partial charge in [0.1, 0.15) is 0 Å². The number of thioether (sulfide) groups is 1. The third-order valence-corrected chi connectivity index (χ3v) is 4.54. The predicted molar refractivity (Wildman–Crippen MR) is 91.0 cm³/mol. The number of halogens is 2. The average Bonchev–Trinajstić information content (AvgIpc) is 2.78. The molecule has 1 fully saturated rings. The normalized spacial score (nSPS) is 16.2. The molecular weight excluding hydrogens is 341 g/mol. The largest absolute Gasteiger partial charge is 0.290 e. The van der Waals surface area contributed by atoms with Crippen molar-refractivity contribution in [1.82, 2.24) is 5.32 Å². The molecule has 0 atom stereocenters. The van der Waals surface area contributed by atoms with Crippen molar-refractivity contribution in [3.63, 3.8) is 0 Å². The quantitative estimate of drug-likeness (QED) is 0.777. The van der Waals surface area contributed by atoms with Gasteiger partial charge in [-0.25, -0.2) is 0 Å². The second-order valence-electron chi connectivity index (χ2n) is 4.57. The van der Waals surface area contributed by atoms with Crippen molar-refractivity contribution in [3.05, 3.63) is 63.0 Å². The molecule has 3 rings (SSSR count). The maximum atomic E-state index is 11.5. The fourth-order valence-electron chi connectivity index (χ4n) is 2.09. The Morgan fingerprint density at radius 1 is 0.955 bits per heavy atom. The van der Waals surface area contributed by atoms with Crippen LogP contribution in [0.1, 0.15) is 5.56 Å². The lowest BCUT2D eigenvalue weighted by molar-refractivity contribution is -0.115. The predicted octanol–water partition coefficient (Wildman–Crippen LogP) is 4.98. The van der Waals surface area contributed by atoms with Crippen LogP contribution in [0, 0.1) is 0 Å². The lowest BCUT2D eigenvalue weighted by Gasteiger charge is -2.07. The molecule has 0 bridgehead atoms. The highest BCUT2D eigenvalue weighted by Gasteiger charge is 2.24. The Morgan fingerprint density at radius 2 is 1.59 bits per heavy atom. The summed E-state index contributed by atoms with van der Waals surface area (Å²) in [6.07, 6.45) is 1.67. The minimum atomic E-state index is -0.367. The zero-order valence-electron chi connectivity index (χ0n) is 11.1. The first-order chi connectivity index (χ1) is 10.5. The van der Waals surface area contributed by atoms with E-state index in [2.05, 4.69) is 5.32 Å². The molecule has 3 nitrogen and oxygen atoms in total. The highest BCUT2D eigenvalue weighted by molar-refractivity contribution is 8.18. The Labute approximate surface area is 141 Å². The van der Waals surface area contributed by atoms with Gasteiger partial charge < -0.3 is 0 Å². The molecule has 6 heteroatoms. The molecule has 0 radical (unpaired) electrons. The molecule has 1 saturated heterocycles. The summed E-state index contributed by atoms with van der Waals surface area (Å²) < 4.78 is 0. The molecule has 0 aliphatic carbocycles. The second kappa shape index (κ2) is 6.16. The van der Waals surface area contributed by atoms with Gasteiger partial charge in [-0.3, -0.25) is 14.9 Å². The Hall–Kier alpha value is -1.75. The van der Waals surface area contributed by atoms with Crippen LogP contribution in [0.5, 0.6) is 0 Å². The van der Waals surface area contributed by atoms with Crippen LogP contribution in [0.15, 0.2) is 47.4 Å². The molecule has 22 heavy (non-hydrogen) atoms. The van der Waals surface area contributed by atoms with Crippen LogP contribution in [-0.2, 0) is 4.79 Å². The van der Waals surface area contributed by atoms with Gasteiger partial charge in [0.15, 0.2) is 0 Å². The first-order valence-corrected chi connectivity index (χ1v) is 7.91. The summed E-state index contributed by atoms with van der Waals surface area (Å²) in [5, 5.41) is 3.03. The van der Waals surface area contributed by atoms with E-state index in [1.807, 2.05) is 24.3 Å². The van der Waals surface area contributed by atoms with Gasteiger partial charge in [0.25, 0.3) is 11.1 Å². The summed E-state index contributed by atoms with van der Waals surface area (Å²) in [7, 11) is 0. The van der Waals surface area contributed by atoms with Crippen LogP contribution in [0.2, 0.25) is 10.0 Å². The summed E-state index contributed by atoms with van der Waals surface area (Å²) in [5.74, 6) is -0.367. The van der Waals surface area contributed by atoms with E-state index in [9.17, 15) is 9.59 Å².